The van der Waals surface area contributed by atoms with E-state index in [1.165, 1.54) is 18.2 Å². The van der Waals surface area contributed by atoms with Gasteiger partial charge >= 0.3 is 0 Å². The number of carbonyl (C=O) groups is 1. The number of hydrogen-bond donors (Lipinski definition) is 2. The van der Waals surface area contributed by atoms with E-state index in [1.807, 2.05) is 95.5 Å². The molecule has 0 bridgehead atoms. The number of carbonyl (C=O) groups excluding carboxylic acids is 1. The van der Waals surface area contributed by atoms with Crippen molar-refractivity contribution in [3.8, 4) is 69.0 Å². The van der Waals surface area contributed by atoms with Crippen LogP contribution in [0.1, 0.15) is 234 Å². The van der Waals surface area contributed by atoms with Crippen LogP contribution in [0.4, 0.5) is 24.5 Å². The van der Waals surface area contributed by atoms with Crippen LogP contribution in [0, 0.1) is 87.0 Å². The van der Waals surface area contributed by atoms with Crippen LogP contribution in [0.3, 0.4) is 0 Å². The maximum absolute atomic E-state index is 15.0. The van der Waals surface area contributed by atoms with Crippen LogP contribution < -0.4 is 9.80 Å². The quantitative estimate of drug-likeness (QED) is 0.145. The van der Waals surface area contributed by atoms with Gasteiger partial charge in [-0.15, -0.1) is 0 Å². The first kappa shape index (κ1) is 37.3. The number of aromatic nitrogens is 6. The molecule has 6 aromatic carbocycles. The molecule has 8 aliphatic rings. The number of ether oxygens (including phenoxy) is 2. The van der Waals surface area contributed by atoms with E-state index < -0.39 is 16.2 Å². The average molecular weight is 1740 g/mol. The van der Waals surface area contributed by atoms with Gasteiger partial charge in [0.2, 0.25) is 0 Å². The van der Waals surface area contributed by atoms with Gasteiger partial charge in [-0.05, 0) is 178 Å². The van der Waals surface area contributed by atoms with Crippen LogP contribution in [-0.4, -0.2) is 97.9 Å². The van der Waals surface area contributed by atoms with Crippen LogP contribution in [0.2, 0.25) is 0 Å². The molecule has 20 heteroatoms. The number of halogens is 4. The molecule has 16 nitrogen and oxygen atoms in total. The molecule has 6 aliphatic carbocycles. The number of anilines is 2. The number of fused-ring (bicyclic) bond motifs is 9. The molecule has 9 atom stereocenters. The van der Waals surface area contributed by atoms with Gasteiger partial charge in [0.1, 0.15) is 35.0 Å². The second-order valence-corrected chi connectivity index (χ2v) is 31.1. The lowest BCUT2D eigenvalue weighted by molar-refractivity contribution is -0.121. The van der Waals surface area contributed by atoms with Gasteiger partial charge in [-0.3, -0.25) is 4.79 Å². The lowest BCUT2D eigenvalue weighted by atomic mass is 9.56. The monoisotopic (exact) mass is 1740 g/mol. The minimum Gasteiger partial charge on any atom is -0.511 e. The molecule has 2 N–H and O–H groups in total. The number of morpholine rings is 2. The summed E-state index contributed by atoms with van der Waals surface area (Å²) < 4.78 is 483. The number of allylic oxidation sites excluding steroid dienone is 6. The highest BCUT2D eigenvalue weighted by molar-refractivity contribution is 9.10. The summed E-state index contributed by atoms with van der Waals surface area (Å²) in [4.78, 5) is 17.5. The van der Waals surface area contributed by atoms with Crippen molar-refractivity contribution in [2.45, 2.75) is 109 Å². The Labute approximate surface area is 755 Å². The second kappa shape index (κ2) is 28.5. The zero-order chi connectivity index (χ0) is 158. The molecule has 2 saturated heterocycles. The number of aliphatic hydroxyl groups is 2. The zero-order valence-electron chi connectivity index (χ0n) is 144. The van der Waals surface area contributed by atoms with Crippen LogP contribution in [0.15, 0.2) is 184 Å². The summed E-state index contributed by atoms with van der Waals surface area (Å²) in [5, 5.41) is 65.8. The number of ketones is 1. The van der Waals surface area contributed by atoms with Crippen molar-refractivity contribution in [3.63, 3.8) is 0 Å². The van der Waals surface area contributed by atoms with Gasteiger partial charge in [-0.1, -0.05) is 99.9 Å². The van der Waals surface area contributed by atoms with Crippen LogP contribution in [-0.2, 0) is 49.8 Å². The summed E-state index contributed by atoms with van der Waals surface area (Å²) in [6.07, 6.45) is 7.36. The first-order valence-electron chi connectivity index (χ1n) is 78.7. The van der Waals surface area contributed by atoms with E-state index in [0.717, 1.165) is 138 Å². The second-order valence-electron chi connectivity index (χ2n) is 30.2. The molecule has 3 aromatic heterocycles. The van der Waals surface area contributed by atoms with Crippen molar-refractivity contribution in [2.24, 2.45) is 35.5 Å². The summed E-state index contributed by atoms with van der Waals surface area (Å²) in [6.45, 7) is 18.7. The van der Waals surface area contributed by atoms with Gasteiger partial charge in [-0.2, -0.15) is 31.1 Å². The number of aliphatic hydroxyl groups excluding tert-OH is 2. The fraction of sp³-hybridized carbons (Fsp3) is 0.360. The lowest BCUT2D eigenvalue weighted by Gasteiger charge is -2.47. The molecule has 0 unspecified atom stereocenters. The average Bonchev–Trinajstić information content (AvgIpc) is 1.57. The van der Waals surface area contributed by atoms with E-state index in [9.17, 15) is 35.2 Å². The van der Waals surface area contributed by atoms with E-state index in [-0.39, 0.29) is 77.3 Å². The summed E-state index contributed by atoms with van der Waals surface area (Å²) in [5.41, 5.74) is 14.0. The molecule has 0 amide bonds. The Bertz CT molecular complexity index is 5350. The van der Waals surface area contributed by atoms with Gasteiger partial charge in [0.15, 0.2) is 5.78 Å². The van der Waals surface area contributed by atoms with E-state index in [0.29, 0.717) is 77.4 Å². The third kappa shape index (κ3) is 12.2. The first-order valence-corrected chi connectivity index (χ1v) is 37.5. The zero-order valence-corrected chi connectivity index (χ0v) is 61.8. The molecular formula is C86H169BrF3N11O5. The molecule has 0 radical (unpaired) electrons. The fourth-order valence-corrected chi connectivity index (χ4v) is 19.3. The van der Waals surface area contributed by atoms with E-state index in [1.54, 1.807) is 36.4 Å². The number of benzene rings is 6. The smallest absolute Gasteiger partial charge is 0.176 e. The molecule has 0 saturated carbocycles. The molecule has 17 rings (SSSR count). The lowest BCUT2D eigenvalue weighted by Crippen LogP contribution is -2.46. The van der Waals surface area contributed by atoms with Crippen molar-refractivity contribution in [3.05, 3.63) is 236 Å². The molecule has 2 fully saturated rings. The van der Waals surface area contributed by atoms with Crippen molar-refractivity contribution in [2.75, 3.05) is 62.4 Å². The minimum atomic E-state index is -0.592. The minimum absolute atomic E-state index is 0. The van der Waals surface area contributed by atoms with Gasteiger partial charge in [0.25, 0.3) is 0 Å². The van der Waals surface area contributed by atoms with Crippen LogP contribution in [0.5, 0.6) is 0 Å². The Balaban J connectivity index is -0.0000000596. The Morgan fingerprint density at radius 1 is 0.491 bits per heavy atom. The van der Waals surface area contributed by atoms with Gasteiger partial charge < -0.3 is 29.5 Å². The molecule has 0 spiro atoms. The summed E-state index contributed by atoms with van der Waals surface area (Å²) in [7, 11) is 0. The number of rotatable bonds is 8. The number of hydrogen-bond acceptors (Lipinski definition) is 13. The standard InChI is InChI=1S/C30H31FN4O2.C30H29FN4O2.C26H23BrFN3O.43H2/c2*1-19-25-12-11-24-27(23-5-3-4-6-26(23)31)33-35(29(24)30(25,2)17-20(18-32)28(19)36)22-9-7-21(8-10-22)34-13-15-37-16-14-34;1-15-21-12-11-20-23(19-5-3-4-6-22(19)28)30-31(18-9-7-17(27)8-10-18)25(20)26(21,2)13-16(14-29)24(15)32;;;;;;;;;;;;;;;;;;;;;;;;;;;;;;;;;;;;;;;;;;;/h3-10,19,25,36H,11-17H2,1-2H3;3-10,17,19,25H,11-16H2,1-2H3;3-10,15,21,32H,11-13H2,1-2H3;43*1H/t2*19-,25-,30-;15-,21-,26-;;;;;;;;;;;;;;;;;;;;;;;;;;;;;;;;;;;;;;;;;;;/m111.........................................../s1/i;;;42*1+2T;1+2. The third-order valence-electron chi connectivity index (χ3n) is 24.4. The van der Waals surface area contributed by atoms with Crippen molar-refractivity contribution < 1.29 is 164 Å². The first-order chi connectivity index (χ1) is 93.2. The molecule has 5 heterocycles. The van der Waals surface area contributed by atoms with Gasteiger partial charge in [0.05, 0.1) is 107 Å². The Morgan fingerprint density at radius 3 is 1.20 bits per heavy atom. The predicted octanol–water partition coefficient (Wildman–Crippen LogP) is 27.9. The Morgan fingerprint density at radius 2 is 0.830 bits per heavy atom. The number of nitriles is 3. The molecular weight excluding hydrogens is 1400 g/mol. The Kier molecular flexibility index (Phi) is 10.0. The van der Waals surface area contributed by atoms with Crippen molar-refractivity contribution in [1.29, 1.82) is 15.8 Å². The van der Waals surface area contributed by atoms with Gasteiger partial charge in [0, 0.05) is 236 Å². The molecule has 626 valence electrons. The largest absolute Gasteiger partial charge is 0.511 e. The predicted molar refractivity (Wildman–Crippen MR) is 495 cm³/mol. The summed E-state index contributed by atoms with van der Waals surface area (Å²) in [6, 6.07) is 51.4. The highest BCUT2D eigenvalue weighted by atomic mass is 79.9. The fourth-order valence-electron chi connectivity index (χ4n) is 19.1. The number of nitrogens with zero attached hydrogens (tertiary/aromatic N) is 11. The SMILES string of the molecule is C[C@H]1C(=O)C(C#N)=C[C@@]2(C)c3c(c(-c4ccccc4F)nn3-c3ccc(N4CCOCC4)cc3)CC[C@H]12.C[C@H]1C(O)=C(C#N)C[C@@]2(C)c3c(c(-c4ccccc4F)nn3-c3ccc(Br)cc3)CC[C@H]12.C[C@H]1C(O)=C(C#N)C[C@@]2(C)c3c(c(-c4ccccc4F)nn3-c3ccc(N4CCOCC4)cc3)CC[C@H]12.[3HH].[3H][3H].[3H][3H].[3H][3H].[3H][3H].[3H][3H].[3H][3H].[3H][3H].[3H][3H].[3H][3H].[3H][3H].[3H][3H].[3H][3H].[3H][3H].[3H][3H].[3H][3H].[3H][3H].[3H][3H].[3H][3H].[3H][3H].[3H][3H].[3H][3H].[3H][3H].[3H][3H].[3H][3H].[3H][3H].[3H][3H].[3H][3H].[3H][3H].[3H][3H].[3H][3H].[3H][3H].[3H][3H].[3H][3H].[3H][3H].[3H][3H].[3H][3H].[3H][3H].[3H][3H].[3H][3H].[3H][3H].[3H][3H].[3H][3H]. The summed E-state index contributed by atoms with van der Waals surface area (Å²) in [5.74, 6) is -0.775. The summed E-state index contributed by atoms with van der Waals surface area (Å²) >= 11 is 3.49. The maximum Gasteiger partial charge on any atom is 0.176 e. The van der Waals surface area contributed by atoms with Crippen LogP contribution >= 0.6 is 15.9 Å². The molecule has 2 aliphatic heterocycles. The van der Waals surface area contributed by atoms with Crippen molar-refractivity contribution in [1.82, 2.24) is 29.3 Å². The van der Waals surface area contributed by atoms with E-state index in [4.69, 9.17) is 149 Å². The normalized spacial score (nSPS) is 28.3. The maximum atomic E-state index is 15.0. The highest BCUT2D eigenvalue weighted by Gasteiger charge is 2.55. The topological polar surface area (TPSA) is 207 Å². The van der Waals surface area contributed by atoms with E-state index >= 15 is 8.78 Å². The third-order valence-corrected chi connectivity index (χ3v) is 24.9. The van der Waals surface area contributed by atoms with E-state index in [2.05, 4.69) is 101 Å². The highest BCUT2D eigenvalue weighted by Crippen LogP contribution is 2.58. The molecule has 106 heavy (non-hydrogen) atoms. The van der Waals surface area contributed by atoms with Crippen molar-refractivity contribution >= 4 is 33.1 Å². The van der Waals surface area contributed by atoms with Crippen LogP contribution in [0.25, 0.3) is 50.8 Å². The van der Waals surface area contributed by atoms with Gasteiger partial charge in [-0.25, -0.2) is 27.2 Å². The Hall–Kier alpha value is -10.3. The molecule has 9 aromatic rings. The number of Topliss-reactive ketones (excluding diaryl/α,β-unsaturated/α-hetero) is 1.